The Labute approximate surface area is 388 Å². The topological polar surface area (TPSA) is 108 Å². The van der Waals surface area contributed by atoms with Gasteiger partial charge in [0.15, 0.2) is 0 Å². The maximum Gasteiger partial charge on any atom is 0.268 e. The van der Waals surface area contributed by atoms with Gasteiger partial charge in [0.25, 0.3) is 7.82 Å². The predicted octanol–water partition coefficient (Wildman–Crippen LogP) is 14.3. The van der Waals surface area contributed by atoms with Crippen LogP contribution in [0.25, 0.3) is 0 Å². The Morgan fingerprint density at radius 3 is 1.48 bits per heavy atom. The average molecular weight is 901 g/mol. The van der Waals surface area contributed by atoms with Gasteiger partial charge >= 0.3 is 0 Å². The summed E-state index contributed by atoms with van der Waals surface area (Å²) < 4.78 is 23.3. The molecule has 0 radical (unpaired) electrons. The van der Waals surface area contributed by atoms with Crippen molar-refractivity contribution < 1.29 is 32.9 Å². The molecule has 63 heavy (non-hydrogen) atoms. The number of carbonyl (C=O) groups excluding carboxylic acids is 1. The highest BCUT2D eigenvalue weighted by molar-refractivity contribution is 7.45. The molecule has 0 bridgehead atoms. The smallest absolute Gasteiger partial charge is 0.268 e. The SMILES string of the molecule is CC/C=C\C/C=C\C/C=C\C/C=C\C/C=C\CCCCCCCC(=O)NC(COP(=O)([O-])OCC[N+](C)(C)C)C(O)/C=C/CC/C=C/CCCCCCCCCCCCCCCC. The molecule has 8 nitrogen and oxygen atoms in total. The van der Waals surface area contributed by atoms with Gasteiger partial charge in [-0.1, -0.05) is 202 Å². The number of aliphatic hydroxyl groups excluding tert-OH is 1. The first-order chi connectivity index (χ1) is 30.5. The minimum atomic E-state index is -4.61. The van der Waals surface area contributed by atoms with Crippen molar-refractivity contribution in [2.75, 3.05) is 40.9 Å². The van der Waals surface area contributed by atoms with Gasteiger partial charge < -0.3 is 28.8 Å². The second-order valence-electron chi connectivity index (χ2n) is 18.1. The van der Waals surface area contributed by atoms with E-state index in [-0.39, 0.29) is 12.5 Å². The molecular formula is C54H97N2O6P. The lowest BCUT2D eigenvalue weighted by Gasteiger charge is -2.29. The molecule has 0 fully saturated rings. The fourth-order valence-corrected chi connectivity index (χ4v) is 7.56. The van der Waals surface area contributed by atoms with Gasteiger partial charge in [-0.25, -0.2) is 0 Å². The third-order valence-corrected chi connectivity index (χ3v) is 11.8. The Balaban J connectivity index is 4.43. The van der Waals surface area contributed by atoms with Crippen LogP contribution in [-0.2, 0) is 18.4 Å². The van der Waals surface area contributed by atoms with Crippen molar-refractivity contribution in [1.29, 1.82) is 0 Å². The van der Waals surface area contributed by atoms with Crippen molar-refractivity contribution in [2.24, 2.45) is 0 Å². The lowest BCUT2D eigenvalue weighted by Crippen LogP contribution is -2.45. The highest BCUT2D eigenvalue weighted by Gasteiger charge is 2.23. The fraction of sp³-hybridized carbons (Fsp3) is 0.722. The van der Waals surface area contributed by atoms with E-state index in [1.54, 1.807) is 6.08 Å². The van der Waals surface area contributed by atoms with Gasteiger partial charge in [0.05, 0.1) is 39.9 Å². The Morgan fingerprint density at radius 1 is 0.571 bits per heavy atom. The Hall–Kier alpha value is -2.32. The van der Waals surface area contributed by atoms with E-state index in [4.69, 9.17) is 9.05 Å². The lowest BCUT2D eigenvalue weighted by atomic mass is 10.0. The molecule has 0 aromatic rings. The number of likely N-dealkylation sites (N-methyl/N-ethyl adjacent to an activating group) is 1. The molecule has 0 saturated heterocycles. The fourth-order valence-electron chi connectivity index (χ4n) is 6.84. The minimum absolute atomic E-state index is 0.0149. The van der Waals surface area contributed by atoms with E-state index in [0.29, 0.717) is 17.4 Å². The van der Waals surface area contributed by atoms with Gasteiger partial charge in [-0.15, -0.1) is 0 Å². The summed E-state index contributed by atoms with van der Waals surface area (Å²) in [6.07, 6.45) is 62.1. The summed E-state index contributed by atoms with van der Waals surface area (Å²) in [4.78, 5) is 25.4. The summed E-state index contributed by atoms with van der Waals surface area (Å²) >= 11 is 0. The number of hydrogen-bond acceptors (Lipinski definition) is 6. The Morgan fingerprint density at radius 2 is 0.984 bits per heavy atom. The van der Waals surface area contributed by atoms with Crippen LogP contribution in [0.4, 0.5) is 0 Å². The van der Waals surface area contributed by atoms with E-state index in [0.717, 1.165) is 89.9 Å². The van der Waals surface area contributed by atoms with Crippen molar-refractivity contribution in [3.8, 4) is 0 Å². The molecule has 0 heterocycles. The van der Waals surface area contributed by atoms with E-state index in [9.17, 15) is 19.4 Å². The zero-order valence-corrected chi connectivity index (χ0v) is 42.1. The summed E-state index contributed by atoms with van der Waals surface area (Å²) in [5.41, 5.74) is 0. The van der Waals surface area contributed by atoms with Gasteiger partial charge in [0.2, 0.25) is 5.91 Å². The third-order valence-electron chi connectivity index (χ3n) is 10.8. The Bertz CT molecular complexity index is 1300. The van der Waals surface area contributed by atoms with Gasteiger partial charge in [-0.2, -0.15) is 0 Å². The van der Waals surface area contributed by atoms with Crippen molar-refractivity contribution in [3.05, 3.63) is 85.1 Å². The molecule has 0 spiro atoms. The van der Waals surface area contributed by atoms with Gasteiger partial charge in [-0.05, 0) is 77.0 Å². The van der Waals surface area contributed by atoms with E-state index in [1.807, 2.05) is 27.2 Å². The molecule has 0 saturated carbocycles. The third kappa shape index (κ3) is 47.5. The number of allylic oxidation sites excluding steroid dienone is 13. The van der Waals surface area contributed by atoms with Crippen molar-refractivity contribution >= 4 is 13.7 Å². The average Bonchev–Trinajstić information content (AvgIpc) is 3.24. The number of amides is 1. The van der Waals surface area contributed by atoms with Crippen LogP contribution in [0.1, 0.15) is 200 Å². The normalized spacial score (nSPS) is 14.8. The van der Waals surface area contributed by atoms with E-state index < -0.39 is 26.6 Å². The molecule has 0 aromatic heterocycles. The Kier molecular flexibility index (Phi) is 43.2. The second-order valence-corrected chi connectivity index (χ2v) is 19.5. The number of unbranched alkanes of at least 4 members (excludes halogenated alkanes) is 20. The van der Waals surface area contributed by atoms with Crippen LogP contribution in [0.2, 0.25) is 0 Å². The molecule has 0 aliphatic carbocycles. The number of phosphoric acid groups is 1. The number of quaternary nitrogens is 1. The highest BCUT2D eigenvalue weighted by atomic mass is 31.2. The zero-order valence-electron chi connectivity index (χ0n) is 41.2. The quantitative estimate of drug-likeness (QED) is 0.0273. The number of hydrogen-bond donors (Lipinski definition) is 2. The van der Waals surface area contributed by atoms with Crippen LogP contribution >= 0.6 is 7.82 Å². The molecule has 0 aliphatic heterocycles. The van der Waals surface area contributed by atoms with E-state index in [2.05, 4.69) is 92.1 Å². The molecule has 9 heteroatoms. The number of aliphatic hydroxyl groups is 1. The standard InChI is InChI=1S/C54H97N2O6P/c1-6-8-10-12-14-16-18-20-22-24-26-28-30-32-34-36-38-40-42-44-46-48-54(58)55-52(51-62-63(59,60)61-50-49-56(3,4)5)53(57)47-45-43-41-39-37-35-33-31-29-27-25-23-21-19-17-15-13-11-9-7-2/h8,10,14,16,20,22,26,28,32,34,37,39,45,47,52-53,57H,6-7,9,11-13,15,17-19,21,23-25,27,29-31,33,35-36,38,40-44,46,48-51H2,1-5H3,(H-,55,58,59,60)/b10-8-,16-14-,22-20-,28-26-,34-32-,39-37+,47-45+. The minimum Gasteiger partial charge on any atom is -0.756 e. The largest absolute Gasteiger partial charge is 0.756 e. The lowest BCUT2D eigenvalue weighted by molar-refractivity contribution is -0.870. The molecule has 3 unspecified atom stereocenters. The molecule has 1 amide bonds. The van der Waals surface area contributed by atoms with Crippen molar-refractivity contribution in [1.82, 2.24) is 5.32 Å². The van der Waals surface area contributed by atoms with Crippen LogP contribution in [0.5, 0.6) is 0 Å². The van der Waals surface area contributed by atoms with Crippen LogP contribution in [0, 0.1) is 0 Å². The molecule has 364 valence electrons. The summed E-state index contributed by atoms with van der Waals surface area (Å²) in [5, 5.41) is 13.8. The highest BCUT2D eigenvalue weighted by Crippen LogP contribution is 2.38. The summed E-state index contributed by atoms with van der Waals surface area (Å²) in [7, 11) is 1.22. The zero-order chi connectivity index (χ0) is 46.4. The molecule has 2 N–H and O–H groups in total. The van der Waals surface area contributed by atoms with E-state index >= 15 is 0 Å². The first kappa shape index (κ1) is 60.7. The number of carbonyl (C=O) groups is 1. The summed E-state index contributed by atoms with van der Waals surface area (Å²) in [6, 6.07) is -0.919. The maximum absolute atomic E-state index is 12.9. The number of nitrogens with zero attached hydrogens (tertiary/aromatic N) is 1. The number of rotatable bonds is 45. The van der Waals surface area contributed by atoms with Gasteiger partial charge in [0, 0.05) is 6.42 Å². The molecular weight excluding hydrogens is 804 g/mol. The second kappa shape index (κ2) is 44.9. The molecule has 0 aromatic carbocycles. The number of phosphoric ester groups is 1. The molecule has 0 aliphatic rings. The summed E-state index contributed by atoms with van der Waals surface area (Å²) in [6.45, 7) is 4.49. The van der Waals surface area contributed by atoms with Gasteiger partial charge in [0.1, 0.15) is 13.2 Å². The molecule has 0 rings (SSSR count). The number of nitrogens with one attached hydrogen (secondary N) is 1. The van der Waals surface area contributed by atoms with E-state index in [1.165, 1.54) is 89.9 Å². The monoisotopic (exact) mass is 901 g/mol. The van der Waals surface area contributed by atoms with Crippen LogP contribution in [0.3, 0.4) is 0 Å². The van der Waals surface area contributed by atoms with Crippen molar-refractivity contribution in [2.45, 2.75) is 212 Å². The van der Waals surface area contributed by atoms with Crippen LogP contribution < -0.4 is 10.2 Å². The first-order valence-corrected chi connectivity index (χ1v) is 26.9. The maximum atomic E-state index is 12.9. The molecule has 3 atom stereocenters. The summed E-state index contributed by atoms with van der Waals surface area (Å²) in [5.74, 6) is -0.229. The van der Waals surface area contributed by atoms with Gasteiger partial charge in [-0.3, -0.25) is 9.36 Å². The first-order valence-electron chi connectivity index (χ1n) is 25.4. The van der Waals surface area contributed by atoms with Crippen LogP contribution in [0.15, 0.2) is 85.1 Å². The van der Waals surface area contributed by atoms with Crippen LogP contribution in [-0.4, -0.2) is 68.5 Å². The van der Waals surface area contributed by atoms with Crippen molar-refractivity contribution in [3.63, 3.8) is 0 Å². The predicted molar refractivity (Wildman–Crippen MR) is 270 cm³/mol.